The highest BCUT2D eigenvalue weighted by atomic mass is 16.7. The van der Waals surface area contributed by atoms with Gasteiger partial charge in [0.05, 0.1) is 4.92 Å². The van der Waals surface area contributed by atoms with Gasteiger partial charge in [-0.15, -0.1) is 0 Å². The van der Waals surface area contributed by atoms with Crippen LogP contribution >= 0.6 is 0 Å². The molecule has 0 unspecified atom stereocenters. The Hall–Kier alpha value is -3.29. The molecule has 2 N–H and O–H groups in total. The van der Waals surface area contributed by atoms with E-state index in [4.69, 9.17) is 9.47 Å². The van der Waals surface area contributed by atoms with Gasteiger partial charge in [0.15, 0.2) is 17.2 Å². The summed E-state index contributed by atoms with van der Waals surface area (Å²) in [5.74, 6) is 0.0303. The lowest BCUT2D eigenvalue weighted by Crippen LogP contribution is -2.11. The first-order valence-electron chi connectivity index (χ1n) is 6.23. The Morgan fingerprint density at radius 1 is 1.18 bits per heavy atom. The number of phenols is 1. The molecule has 3 rings (SSSR count). The fourth-order valence-electron chi connectivity index (χ4n) is 2.00. The van der Waals surface area contributed by atoms with E-state index in [0.29, 0.717) is 17.2 Å². The second-order valence-electron chi connectivity index (χ2n) is 4.48. The van der Waals surface area contributed by atoms with Gasteiger partial charge >= 0.3 is 5.69 Å². The second kappa shape index (κ2) is 5.24. The van der Waals surface area contributed by atoms with Crippen molar-refractivity contribution in [2.75, 3.05) is 12.1 Å². The van der Waals surface area contributed by atoms with Crippen molar-refractivity contribution in [3.05, 3.63) is 52.1 Å². The summed E-state index contributed by atoms with van der Waals surface area (Å²) in [6.07, 6.45) is 0. The van der Waals surface area contributed by atoms with Gasteiger partial charge in [-0.1, -0.05) is 0 Å². The van der Waals surface area contributed by atoms with Crippen LogP contribution < -0.4 is 14.8 Å². The molecule has 0 aromatic heterocycles. The number of amides is 1. The third-order valence-corrected chi connectivity index (χ3v) is 3.06. The second-order valence-corrected chi connectivity index (χ2v) is 4.48. The minimum Gasteiger partial charge on any atom is -0.502 e. The van der Waals surface area contributed by atoms with Gasteiger partial charge in [0, 0.05) is 23.4 Å². The van der Waals surface area contributed by atoms with Crippen molar-refractivity contribution >= 4 is 17.3 Å². The lowest BCUT2D eigenvalue weighted by atomic mass is 10.1. The smallest absolute Gasteiger partial charge is 0.310 e. The number of rotatable bonds is 3. The van der Waals surface area contributed by atoms with Gasteiger partial charge in [-0.2, -0.15) is 0 Å². The molecule has 22 heavy (non-hydrogen) atoms. The van der Waals surface area contributed by atoms with Crippen LogP contribution in [-0.4, -0.2) is 22.7 Å². The molecule has 0 fully saturated rings. The van der Waals surface area contributed by atoms with Crippen molar-refractivity contribution < 1.29 is 24.3 Å². The number of anilines is 1. The number of nitrogens with zero attached hydrogens (tertiary/aromatic N) is 1. The van der Waals surface area contributed by atoms with Gasteiger partial charge in [0.1, 0.15) is 0 Å². The fraction of sp³-hybridized carbons (Fsp3) is 0.0714. The molecule has 0 bridgehead atoms. The molecule has 2 aromatic rings. The maximum atomic E-state index is 12.1. The largest absolute Gasteiger partial charge is 0.502 e. The Morgan fingerprint density at radius 2 is 1.95 bits per heavy atom. The quantitative estimate of drug-likeness (QED) is 0.664. The summed E-state index contributed by atoms with van der Waals surface area (Å²) >= 11 is 0. The molecule has 1 aliphatic heterocycles. The molecule has 0 aliphatic carbocycles. The molecule has 8 heteroatoms. The Morgan fingerprint density at radius 3 is 2.68 bits per heavy atom. The Kier molecular flexibility index (Phi) is 3.26. The van der Waals surface area contributed by atoms with Gasteiger partial charge in [0.25, 0.3) is 5.91 Å². The summed E-state index contributed by atoms with van der Waals surface area (Å²) in [5.41, 5.74) is 0.118. The molecule has 8 nitrogen and oxygen atoms in total. The van der Waals surface area contributed by atoms with Crippen LogP contribution in [0.3, 0.4) is 0 Å². The zero-order chi connectivity index (χ0) is 15.7. The lowest BCUT2D eigenvalue weighted by molar-refractivity contribution is -0.385. The zero-order valence-corrected chi connectivity index (χ0v) is 11.1. The number of phenolic OH excluding ortho intramolecular Hbond substituents is 1. The first-order chi connectivity index (χ1) is 10.5. The molecular formula is C14H10N2O6. The Bertz CT molecular complexity index is 774. The molecule has 1 heterocycles. The standard InChI is InChI=1S/C14H10N2O6/c17-11-5-8(1-3-10(11)16(19)20)14(18)15-9-2-4-12-13(6-9)22-7-21-12/h1-6,17H,7H2,(H,15,18). The van der Waals surface area contributed by atoms with Crippen LogP contribution in [0.1, 0.15) is 10.4 Å². The highest BCUT2D eigenvalue weighted by Gasteiger charge is 2.17. The van der Waals surface area contributed by atoms with Crippen LogP contribution in [0.5, 0.6) is 17.2 Å². The highest BCUT2D eigenvalue weighted by molar-refractivity contribution is 6.04. The van der Waals surface area contributed by atoms with Gasteiger partial charge in [-0.25, -0.2) is 0 Å². The number of carbonyl (C=O) groups is 1. The number of nitro benzene ring substituents is 1. The van der Waals surface area contributed by atoms with Crippen LogP contribution in [0.4, 0.5) is 11.4 Å². The van der Waals surface area contributed by atoms with Gasteiger partial charge in [-0.3, -0.25) is 14.9 Å². The first kappa shape index (κ1) is 13.7. The summed E-state index contributed by atoms with van der Waals surface area (Å²) in [4.78, 5) is 22.0. The molecule has 1 amide bonds. The Labute approximate surface area is 124 Å². The molecule has 1 aliphatic rings. The van der Waals surface area contributed by atoms with Crippen molar-refractivity contribution in [3.8, 4) is 17.2 Å². The molecule has 0 saturated heterocycles. The van der Waals surface area contributed by atoms with E-state index >= 15 is 0 Å². The van der Waals surface area contributed by atoms with Crippen molar-refractivity contribution in [1.29, 1.82) is 0 Å². The van der Waals surface area contributed by atoms with E-state index in [1.165, 1.54) is 6.07 Å². The van der Waals surface area contributed by atoms with Crippen LogP contribution in [-0.2, 0) is 0 Å². The topological polar surface area (TPSA) is 111 Å². The molecule has 2 aromatic carbocycles. The summed E-state index contributed by atoms with van der Waals surface area (Å²) < 4.78 is 10.4. The maximum absolute atomic E-state index is 12.1. The van der Waals surface area contributed by atoms with Gasteiger partial charge in [-0.05, 0) is 24.3 Å². The van der Waals surface area contributed by atoms with E-state index in [0.717, 1.165) is 12.1 Å². The van der Waals surface area contributed by atoms with Crippen LogP contribution in [0.2, 0.25) is 0 Å². The van der Waals surface area contributed by atoms with E-state index in [1.807, 2.05) is 0 Å². The summed E-state index contributed by atoms with van der Waals surface area (Å²) in [6, 6.07) is 8.28. The SMILES string of the molecule is O=C(Nc1ccc2c(c1)OCO2)c1ccc([N+](=O)[O-])c(O)c1. The molecule has 0 radical (unpaired) electrons. The van der Waals surface area contributed by atoms with Crippen LogP contribution in [0.15, 0.2) is 36.4 Å². The summed E-state index contributed by atoms with van der Waals surface area (Å²) in [7, 11) is 0. The van der Waals surface area contributed by atoms with E-state index in [2.05, 4.69) is 5.32 Å². The third kappa shape index (κ3) is 2.49. The number of carbonyl (C=O) groups excluding carboxylic acids is 1. The highest BCUT2D eigenvalue weighted by Crippen LogP contribution is 2.34. The maximum Gasteiger partial charge on any atom is 0.310 e. The third-order valence-electron chi connectivity index (χ3n) is 3.06. The summed E-state index contributed by atoms with van der Waals surface area (Å²) in [6.45, 7) is 0.128. The minimum atomic E-state index is -0.727. The normalized spacial score (nSPS) is 12.0. The number of hydrogen-bond donors (Lipinski definition) is 2. The average molecular weight is 302 g/mol. The molecule has 112 valence electrons. The molecule has 0 saturated carbocycles. The number of ether oxygens (including phenoxy) is 2. The van der Waals surface area contributed by atoms with Gasteiger partial charge < -0.3 is 19.9 Å². The predicted molar refractivity (Wildman–Crippen MR) is 75.3 cm³/mol. The predicted octanol–water partition coefficient (Wildman–Crippen LogP) is 2.28. The van der Waals surface area contributed by atoms with Gasteiger partial charge in [0.2, 0.25) is 6.79 Å². The monoisotopic (exact) mass is 302 g/mol. The number of nitro groups is 1. The van der Waals surface area contributed by atoms with Crippen molar-refractivity contribution in [2.24, 2.45) is 0 Å². The fourth-order valence-corrected chi connectivity index (χ4v) is 2.00. The number of aromatic hydroxyl groups is 1. The average Bonchev–Trinajstić information content (AvgIpc) is 2.94. The number of nitrogens with one attached hydrogen (secondary N) is 1. The van der Waals surface area contributed by atoms with E-state index in [9.17, 15) is 20.0 Å². The van der Waals surface area contributed by atoms with Crippen LogP contribution in [0, 0.1) is 10.1 Å². The van der Waals surface area contributed by atoms with Crippen molar-refractivity contribution in [2.45, 2.75) is 0 Å². The van der Waals surface area contributed by atoms with E-state index in [-0.39, 0.29) is 12.4 Å². The summed E-state index contributed by atoms with van der Waals surface area (Å²) in [5, 5.41) is 22.8. The number of benzene rings is 2. The Balaban J connectivity index is 1.80. The molecule has 0 spiro atoms. The number of fused-ring (bicyclic) bond motifs is 1. The minimum absolute atomic E-state index is 0.0979. The van der Waals surface area contributed by atoms with E-state index in [1.54, 1.807) is 18.2 Å². The first-order valence-corrected chi connectivity index (χ1v) is 6.23. The van der Waals surface area contributed by atoms with Crippen molar-refractivity contribution in [3.63, 3.8) is 0 Å². The van der Waals surface area contributed by atoms with Crippen LogP contribution in [0.25, 0.3) is 0 Å². The van der Waals surface area contributed by atoms with E-state index < -0.39 is 22.3 Å². The molecule has 0 atom stereocenters. The number of hydrogen-bond acceptors (Lipinski definition) is 6. The molecular weight excluding hydrogens is 292 g/mol. The lowest BCUT2D eigenvalue weighted by Gasteiger charge is -2.06. The zero-order valence-electron chi connectivity index (χ0n) is 11.1. The van der Waals surface area contributed by atoms with Crippen molar-refractivity contribution in [1.82, 2.24) is 0 Å².